The molecule has 0 aliphatic carbocycles. The van der Waals surface area contributed by atoms with Crippen LogP contribution in [0.5, 0.6) is 0 Å². The number of carbonyl (C=O) groups is 2. The van der Waals surface area contributed by atoms with Crippen LogP contribution in [0.15, 0.2) is 12.1 Å². The Morgan fingerprint density at radius 1 is 1.07 bits per heavy atom. The summed E-state index contributed by atoms with van der Waals surface area (Å²) in [4.78, 5) is 35.6. The Balaban J connectivity index is 0.00000150. The van der Waals surface area contributed by atoms with Gasteiger partial charge in [0.25, 0.3) is 0 Å². The predicted molar refractivity (Wildman–Crippen MR) is 118 cm³/mol. The third kappa shape index (κ3) is 5.53. The zero-order valence-electron chi connectivity index (χ0n) is 17.1. The van der Waals surface area contributed by atoms with Crippen LogP contribution < -0.4 is 10.2 Å². The number of rotatable bonds is 3. The minimum Gasteiger partial charge on any atom is -0.368 e. The van der Waals surface area contributed by atoms with Crippen LogP contribution in [-0.4, -0.2) is 78.0 Å². The molecule has 9 heteroatoms. The Hall–Kier alpha value is -1.57. The number of hydrogen-bond donors (Lipinski definition) is 1. The quantitative estimate of drug-likeness (QED) is 0.766. The van der Waals surface area contributed by atoms with Gasteiger partial charge in [-0.15, -0.1) is 24.8 Å². The molecule has 1 N–H and O–H groups in total. The van der Waals surface area contributed by atoms with Crippen molar-refractivity contribution in [2.24, 2.45) is 0 Å². The number of carbonyl (C=O) groups excluding carboxylic acids is 2. The number of nitrogens with one attached hydrogen (secondary N) is 1. The number of likely N-dealkylation sites (tertiary alicyclic amines) is 1. The van der Waals surface area contributed by atoms with Gasteiger partial charge < -0.3 is 20.0 Å². The van der Waals surface area contributed by atoms with Crippen LogP contribution in [0.2, 0.25) is 0 Å². The lowest BCUT2D eigenvalue weighted by Crippen LogP contribution is -2.52. The minimum absolute atomic E-state index is 0. The van der Waals surface area contributed by atoms with Gasteiger partial charge in [-0.1, -0.05) is 0 Å². The maximum absolute atomic E-state index is 12.8. The third-order valence-corrected chi connectivity index (χ3v) is 5.94. The van der Waals surface area contributed by atoms with Crippen LogP contribution in [0.4, 0.5) is 5.69 Å². The zero-order valence-corrected chi connectivity index (χ0v) is 18.7. The van der Waals surface area contributed by atoms with Crippen molar-refractivity contribution in [3.8, 4) is 0 Å². The van der Waals surface area contributed by atoms with Gasteiger partial charge in [0.05, 0.1) is 6.54 Å². The van der Waals surface area contributed by atoms with Crippen molar-refractivity contribution < 1.29 is 9.59 Å². The van der Waals surface area contributed by atoms with Crippen molar-refractivity contribution >= 4 is 42.3 Å². The summed E-state index contributed by atoms with van der Waals surface area (Å²) in [5.74, 6) is 0.187. The molecule has 3 aliphatic rings. The van der Waals surface area contributed by atoms with Crippen LogP contribution >= 0.6 is 24.8 Å². The maximum Gasteiger partial charge on any atom is 0.242 e. The monoisotopic (exact) mass is 443 g/mol. The molecule has 4 heterocycles. The number of aryl methyl sites for hydroxylation is 2. The number of hydrogen-bond acceptors (Lipinski definition) is 5. The van der Waals surface area contributed by atoms with Gasteiger partial charge in [0.1, 0.15) is 0 Å². The van der Waals surface area contributed by atoms with Crippen LogP contribution in [0.1, 0.15) is 30.7 Å². The lowest BCUT2D eigenvalue weighted by atomic mass is 10.1. The van der Waals surface area contributed by atoms with Crippen LogP contribution in [-0.2, 0) is 9.59 Å². The number of fused-ring (bicyclic) bond motifs is 2. The molecular weight excluding hydrogens is 413 g/mol. The second-order valence-corrected chi connectivity index (χ2v) is 8.09. The van der Waals surface area contributed by atoms with E-state index in [1.807, 2.05) is 18.7 Å². The van der Waals surface area contributed by atoms with E-state index in [1.54, 1.807) is 4.90 Å². The maximum atomic E-state index is 12.8. The molecule has 7 nitrogen and oxygen atoms in total. The number of anilines is 1. The standard InChI is InChI=1S/C20H29N5O2.2ClH/c1-14-9-18(10-15(2)21-14)23-5-7-24(8-6-23)20(27)13-25-12-17-4-3-16(22-17)11-19(25)26;;/h9-10,16-17,22H,3-8,11-13H2,1-2H3;2*1H/t16-,17+;;/m1../s1. The van der Waals surface area contributed by atoms with Crippen molar-refractivity contribution in [2.75, 3.05) is 44.2 Å². The highest BCUT2D eigenvalue weighted by molar-refractivity contribution is 5.86. The Morgan fingerprint density at radius 3 is 2.34 bits per heavy atom. The number of aromatic nitrogens is 1. The van der Waals surface area contributed by atoms with Crippen LogP contribution in [0.25, 0.3) is 0 Å². The van der Waals surface area contributed by atoms with Crippen LogP contribution in [0.3, 0.4) is 0 Å². The molecule has 29 heavy (non-hydrogen) atoms. The number of amides is 2. The van der Waals surface area contributed by atoms with Gasteiger partial charge >= 0.3 is 0 Å². The van der Waals surface area contributed by atoms with Gasteiger partial charge in [-0.25, -0.2) is 0 Å². The predicted octanol–water partition coefficient (Wildman–Crippen LogP) is 1.54. The lowest BCUT2D eigenvalue weighted by Gasteiger charge is -2.37. The Morgan fingerprint density at radius 2 is 1.69 bits per heavy atom. The van der Waals surface area contributed by atoms with Gasteiger partial charge in [0, 0.05) is 68.3 Å². The largest absolute Gasteiger partial charge is 0.368 e. The molecule has 3 fully saturated rings. The van der Waals surface area contributed by atoms with E-state index in [9.17, 15) is 9.59 Å². The van der Waals surface area contributed by atoms with Crippen molar-refractivity contribution in [1.29, 1.82) is 0 Å². The van der Waals surface area contributed by atoms with Crippen molar-refractivity contribution in [2.45, 2.75) is 45.2 Å². The minimum atomic E-state index is 0. The average Bonchev–Trinajstić information content (AvgIpc) is 3.00. The summed E-state index contributed by atoms with van der Waals surface area (Å²) in [5, 5.41) is 3.50. The fraction of sp³-hybridized carbons (Fsp3) is 0.650. The third-order valence-electron chi connectivity index (χ3n) is 5.94. The SMILES string of the molecule is Cc1cc(N2CCN(C(=O)CN3C[C@@H]4CC[C@H](CC3=O)N4)CC2)cc(C)n1.Cl.Cl. The van der Waals surface area contributed by atoms with Crippen LogP contribution in [0, 0.1) is 13.8 Å². The molecule has 162 valence electrons. The van der Waals surface area contributed by atoms with E-state index in [4.69, 9.17) is 0 Å². The Bertz CT molecular complexity index is 719. The Kier molecular flexibility index (Phi) is 8.14. The summed E-state index contributed by atoms with van der Waals surface area (Å²) in [6.45, 7) is 7.93. The summed E-state index contributed by atoms with van der Waals surface area (Å²) in [6, 6.07) is 4.85. The molecule has 0 saturated carbocycles. The second kappa shape index (κ2) is 9.96. The zero-order chi connectivity index (χ0) is 19.0. The first-order valence-corrected chi connectivity index (χ1v) is 10.00. The van der Waals surface area contributed by atoms with E-state index < -0.39 is 0 Å². The van der Waals surface area contributed by atoms with Crippen molar-refractivity contribution in [3.63, 3.8) is 0 Å². The molecule has 0 radical (unpaired) electrons. The molecule has 2 atom stereocenters. The molecule has 2 bridgehead atoms. The van der Waals surface area contributed by atoms with Crippen molar-refractivity contribution in [3.05, 3.63) is 23.5 Å². The summed E-state index contributed by atoms with van der Waals surface area (Å²) in [6.07, 6.45) is 2.71. The van der Waals surface area contributed by atoms with E-state index in [-0.39, 0.29) is 43.2 Å². The highest BCUT2D eigenvalue weighted by Gasteiger charge is 2.35. The van der Waals surface area contributed by atoms with Gasteiger partial charge in [0.15, 0.2) is 0 Å². The highest BCUT2D eigenvalue weighted by Crippen LogP contribution is 2.22. The second-order valence-electron chi connectivity index (χ2n) is 8.09. The topological polar surface area (TPSA) is 68.8 Å². The van der Waals surface area contributed by atoms with Gasteiger partial charge in [-0.3, -0.25) is 14.6 Å². The van der Waals surface area contributed by atoms with Gasteiger partial charge in [-0.05, 0) is 38.8 Å². The smallest absolute Gasteiger partial charge is 0.242 e. The van der Waals surface area contributed by atoms with Gasteiger partial charge in [0.2, 0.25) is 11.8 Å². The fourth-order valence-electron chi connectivity index (χ4n) is 4.54. The van der Waals surface area contributed by atoms with E-state index in [2.05, 4.69) is 27.3 Å². The first-order chi connectivity index (χ1) is 13.0. The normalized spacial score (nSPS) is 23.9. The van der Waals surface area contributed by atoms with E-state index in [0.717, 1.165) is 37.3 Å². The average molecular weight is 444 g/mol. The van der Waals surface area contributed by atoms with Crippen molar-refractivity contribution in [1.82, 2.24) is 20.1 Å². The first kappa shape index (κ1) is 23.7. The fourth-order valence-corrected chi connectivity index (χ4v) is 4.54. The molecule has 0 unspecified atom stereocenters. The molecular formula is C20H31Cl2N5O2. The molecule has 2 amide bonds. The molecule has 3 aliphatic heterocycles. The summed E-state index contributed by atoms with van der Waals surface area (Å²) >= 11 is 0. The lowest BCUT2D eigenvalue weighted by molar-refractivity contribution is -0.140. The molecule has 3 saturated heterocycles. The highest BCUT2D eigenvalue weighted by atomic mass is 35.5. The van der Waals surface area contributed by atoms with E-state index in [0.29, 0.717) is 38.1 Å². The number of halogens is 2. The van der Waals surface area contributed by atoms with E-state index in [1.165, 1.54) is 5.69 Å². The number of nitrogens with zero attached hydrogens (tertiary/aromatic N) is 4. The Labute approximate surface area is 185 Å². The number of piperazine rings is 1. The molecule has 4 rings (SSSR count). The van der Waals surface area contributed by atoms with Gasteiger partial charge in [-0.2, -0.15) is 0 Å². The summed E-state index contributed by atoms with van der Waals surface area (Å²) in [7, 11) is 0. The molecule has 0 aromatic carbocycles. The molecule has 0 spiro atoms. The number of pyridine rings is 1. The summed E-state index contributed by atoms with van der Waals surface area (Å²) in [5.41, 5.74) is 3.22. The first-order valence-electron chi connectivity index (χ1n) is 10.00. The molecule has 1 aromatic rings. The molecule has 1 aromatic heterocycles. The van der Waals surface area contributed by atoms with E-state index >= 15 is 0 Å². The summed E-state index contributed by atoms with van der Waals surface area (Å²) < 4.78 is 0.